The van der Waals surface area contributed by atoms with Gasteiger partial charge in [0.05, 0.1) is 23.3 Å². The summed E-state index contributed by atoms with van der Waals surface area (Å²) in [5, 5.41) is 16.1. The lowest BCUT2D eigenvalue weighted by atomic mass is 10.1. The van der Waals surface area contributed by atoms with Gasteiger partial charge in [-0.2, -0.15) is 31.9 Å². The average molecular weight is 562 g/mol. The molecule has 0 bridgehead atoms. The Hall–Kier alpha value is -3.76. The largest absolute Gasteiger partial charge is 0.711 e. The summed E-state index contributed by atoms with van der Waals surface area (Å²) >= 11 is 0. The van der Waals surface area contributed by atoms with E-state index in [0.29, 0.717) is 6.07 Å². The van der Waals surface area contributed by atoms with E-state index in [1.54, 1.807) is 0 Å². The Kier molecular flexibility index (Phi) is 5.53. The third-order valence-corrected chi connectivity index (χ3v) is 7.84. The molecule has 0 unspecified atom stereocenters. The first kappa shape index (κ1) is 25.9. The minimum absolute atomic E-state index is 0.0461. The lowest BCUT2D eigenvalue weighted by Gasteiger charge is -2.20. The molecule has 0 aliphatic heterocycles. The van der Waals surface area contributed by atoms with Crippen LogP contribution in [0.15, 0.2) is 33.9 Å². The van der Waals surface area contributed by atoms with Crippen molar-refractivity contribution in [3.63, 3.8) is 0 Å². The van der Waals surface area contributed by atoms with Gasteiger partial charge < -0.3 is 9.73 Å². The van der Waals surface area contributed by atoms with Gasteiger partial charge in [0, 0.05) is 11.8 Å². The van der Waals surface area contributed by atoms with E-state index in [1.807, 2.05) is 0 Å². The van der Waals surface area contributed by atoms with Crippen LogP contribution in [0.1, 0.15) is 31.2 Å². The summed E-state index contributed by atoms with van der Waals surface area (Å²) in [6, 6.07) is 1.52. The molecule has 1 saturated carbocycles. The number of rotatable bonds is 6. The molecule has 0 spiro atoms. The second-order valence-corrected chi connectivity index (χ2v) is 10.9. The number of aryl methyl sites for hydroxylation is 1. The number of hydrogen-bond donors (Lipinski definition) is 0. The molecule has 4 aromatic heterocycles. The highest BCUT2D eigenvalue weighted by molar-refractivity contribution is 7.91. The van der Waals surface area contributed by atoms with Crippen LogP contribution >= 0.6 is 0 Å². The summed E-state index contributed by atoms with van der Waals surface area (Å²) < 4.78 is 112. The summed E-state index contributed by atoms with van der Waals surface area (Å²) in [5.41, 5.74) is -4.62. The molecular formula is C21H16F6N6O4S. The van der Waals surface area contributed by atoms with E-state index >= 15 is 0 Å². The molecule has 17 heteroatoms. The van der Waals surface area contributed by atoms with Crippen LogP contribution in [0.25, 0.3) is 34.1 Å². The molecule has 0 saturated heterocycles. The predicted octanol–water partition coefficient (Wildman–Crippen LogP) is 3.73. The van der Waals surface area contributed by atoms with Crippen molar-refractivity contribution >= 4 is 21.0 Å². The molecule has 202 valence electrons. The normalized spacial score (nSPS) is 15.8. The molecule has 5 rings (SSSR count). The van der Waals surface area contributed by atoms with Crippen LogP contribution in [0.3, 0.4) is 0 Å². The predicted molar refractivity (Wildman–Crippen MR) is 116 cm³/mol. The van der Waals surface area contributed by atoms with E-state index in [4.69, 9.17) is 4.52 Å². The quantitative estimate of drug-likeness (QED) is 0.197. The summed E-state index contributed by atoms with van der Waals surface area (Å²) in [4.78, 5) is 11.6. The minimum Gasteiger partial charge on any atom is -0.711 e. The first-order valence-corrected chi connectivity index (χ1v) is 12.6. The van der Waals surface area contributed by atoms with E-state index in [1.165, 1.54) is 14.0 Å². The van der Waals surface area contributed by atoms with Gasteiger partial charge in [-0.15, -0.1) is 0 Å². The van der Waals surface area contributed by atoms with Crippen LogP contribution in [0.5, 0.6) is 0 Å². The zero-order valence-electron chi connectivity index (χ0n) is 19.4. The van der Waals surface area contributed by atoms with Crippen molar-refractivity contribution in [2.45, 2.75) is 42.4 Å². The van der Waals surface area contributed by atoms with Crippen LogP contribution in [-0.4, -0.2) is 45.0 Å². The van der Waals surface area contributed by atoms with Crippen molar-refractivity contribution in [2.24, 2.45) is 7.05 Å². The molecular weight excluding hydrogens is 546 g/mol. The Balaban J connectivity index is 1.68. The molecule has 4 heterocycles. The third kappa shape index (κ3) is 3.95. The molecule has 10 nitrogen and oxygen atoms in total. The number of fused-ring (bicyclic) bond motifs is 1. The van der Waals surface area contributed by atoms with Gasteiger partial charge in [-0.25, -0.2) is 27.1 Å². The van der Waals surface area contributed by atoms with Crippen molar-refractivity contribution in [3.05, 3.63) is 41.2 Å². The summed E-state index contributed by atoms with van der Waals surface area (Å²) in [7, 11) is -2.83. The number of alkyl halides is 6. The zero-order chi connectivity index (χ0) is 27.8. The highest BCUT2D eigenvalue weighted by atomic mass is 32.2. The van der Waals surface area contributed by atoms with E-state index in [0.717, 1.165) is 16.8 Å². The minimum atomic E-state index is -5.97. The first-order chi connectivity index (χ1) is 17.6. The Bertz CT molecular complexity index is 1690. The topological polar surface area (TPSA) is 131 Å². The number of halogens is 6. The second-order valence-electron chi connectivity index (χ2n) is 8.69. The number of aromatic nitrogens is 6. The van der Waals surface area contributed by atoms with E-state index in [2.05, 4.69) is 20.1 Å². The summed E-state index contributed by atoms with van der Waals surface area (Å²) in [6.07, 6.45) is -4.37. The Morgan fingerprint density at radius 1 is 1.18 bits per heavy atom. The van der Waals surface area contributed by atoms with Gasteiger partial charge in [0.1, 0.15) is 11.9 Å². The fourth-order valence-corrected chi connectivity index (χ4v) is 4.82. The fourth-order valence-electron chi connectivity index (χ4n) is 3.76. The maximum Gasteiger partial charge on any atom is 0.458 e. The van der Waals surface area contributed by atoms with Crippen LogP contribution in [0, 0.1) is 5.21 Å². The number of pyridine rings is 2. The van der Waals surface area contributed by atoms with Crippen LogP contribution in [0.2, 0.25) is 0 Å². The van der Waals surface area contributed by atoms with E-state index in [9.17, 15) is 40.0 Å². The second kappa shape index (κ2) is 8.12. The molecule has 0 N–H and O–H groups in total. The van der Waals surface area contributed by atoms with E-state index in [-0.39, 0.29) is 52.6 Å². The first-order valence-electron chi connectivity index (χ1n) is 10.9. The smallest absolute Gasteiger partial charge is 0.458 e. The molecule has 0 aromatic carbocycles. The van der Waals surface area contributed by atoms with Crippen molar-refractivity contribution < 1.29 is 44.0 Å². The van der Waals surface area contributed by atoms with Crippen LogP contribution in [-0.2, 0) is 28.5 Å². The average Bonchev–Trinajstić information content (AvgIpc) is 3.26. The summed E-state index contributed by atoms with van der Waals surface area (Å²) in [6.45, 7) is 1.34. The van der Waals surface area contributed by atoms with Gasteiger partial charge in [0.2, 0.25) is 11.6 Å². The Morgan fingerprint density at radius 2 is 1.87 bits per heavy atom. The van der Waals surface area contributed by atoms with Crippen molar-refractivity contribution in [3.8, 4) is 22.9 Å². The van der Waals surface area contributed by atoms with Gasteiger partial charge in [-0.05, 0) is 25.0 Å². The fraction of sp³-hybridized carbons (Fsp3) is 0.381. The highest BCUT2D eigenvalue weighted by Gasteiger charge is 2.59. The van der Waals surface area contributed by atoms with Crippen molar-refractivity contribution in [1.82, 2.24) is 24.7 Å². The SMILES string of the molecule is CCS(=O)(=O)c1cc(-c2noc(C3(F)CC3)n2)cnc1-c1nc2cc(C(F)(F)C(F)(F)F)c[n+]([O-])c2n1C. The van der Waals surface area contributed by atoms with Gasteiger partial charge in [0.15, 0.2) is 21.0 Å². The van der Waals surface area contributed by atoms with E-state index < -0.39 is 55.0 Å². The highest BCUT2D eigenvalue weighted by Crippen LogP contribution is 2.49. The van der Waals surface area contributed by atoms with Gasteiger partial charge in [-0.1, -0.05) is 12.1 Å². The molecule has 38 heavy (non-hydrogen) atoms. The maximum atomic E-state index is 14.3. The van der Waals surface area contributed by atoms with Gasteiger partial charge in [0.25, 0.3) is 5.89 Å². The molecule has 1 aliphatic rings. The van der Waals surface area contributed by atoms with Gasteiger partial charge >= 0.3 is 17.7 Å². The number of hydrogen-bond acceptors (Lipinski definition) is 8. The van der Waals surface area contributed by atoms with Crippen LogP contribution in [0.4, 0.5) is 26.3 Å². The van der Waals surface area contributed by atoms with Crippen molar-refractivity contribution in [2.75, 3.05) is 5.75 Å². The number of sulfone groups is 1. The molecule has 0 atom stereocenters. The standard InChI is InChI=1S/C21H16F6N6O4S/c1-3-38(35,36)13-6-10(15-30-18(37-31-15)19(22)4-5-19)8-28-14(13)16-29-12-7-11(20(23,24)21(25,26)27)9-33(34)17(12)32(16)2/h6-9H,3-5H2,1-2H3. The number of imidazole rings is 1. The summed E-state index contributed by atoms with van der Waals surface area (Å²) in [5.74, 6) is -6.46. The lowest BCUT2D eigenvalue weighted by molar-refractivity contribution is -0.581. The lowest BCUT2D eigenvalue weighted by Crippen LogP contribution is -2.37. The molecule has 4 aromatic rings. The molecule has 0 amide bonds. The molecule has 1 fully saturated rings. The maximum absolute atomic E-state index is 14.3. The van der Waals surface area contributed by atoms with Crippen LogP contribution < -0.4 is 4.73 Å². The Morgan fingerprint density at radius 3 is 2.47 bits per heavy atom. The Labute approximate surface area is 209 Å². The monoisotopic (exact) mass is 562 g/mol. The van der Waals surface area contributed by atoms with Gasteiger partial charge in [-0.3, -0.25) is 0 Å². The molecule has 0 radical (unpaired) electrons. The molecule has 1 aliphatic carbocycles. The zero-order valence-corrected chi connectivity index (χ0v) is 20.2. The third-order valence-electron chi connectivity index (χ3n) is 6.10. The van der Waals surface area contributed by atoms with Crippen molar-refractivity contribution in [1.29, 1.82) is 0 Å². The number of nitrogens with zero attached hydrogens (tertiary/aromatic N) is 6.